The molecule has 1 N–H and O–H groups in total. The van der Waals surface area contributed by atoms with Gasteiger partial charge in [-0.1, -0.05) is 47.7 Å². The topological polar surface area (TPSA) is 52.0 Å². The fourth-order valence-corrected chi connectivity index (χ4v) is 3.97. The van der Waals surface area contributed by atoms with E-state index in [1.54, 1.807) is 23.5 Å². The Hall–Kier alpha value is -3.19. The molecule has 0 atom stereocenters. The summed E-state index contributed by atoms with van der Waals surface area (Å²) in [4.78, 5) is 5.65. The molecule has 0 amide bonds. The molecule has 0 aliphatic carbocycles. The molecule has 2 aromatic carbocycles. The van der Waals surface area contributed by atoms with Gasteiger partial charge in [0.15, 0.2) is 16.7 Å². The minimum atomic E-state index is -0.366. The SMILES string of the molecule is COc1cc(CNc2nc(C)c(-c3ccn(Cc4ccccc4)n3)s2)ccc1F. The van der Waals surface area contributed by atoms with E-state index in [0.29, 0.717) is 6.54 Å². The molecular weight excluding hydrogens is 387 g/mol. The second-order valence-corrected chi connectivity index (χ2v) is 7.64. The Labute approximate surface area is 172 Å². The molecule has 0 saturated carbocycles. The number of hydrogen-bond acceptors (Lipinski definition) is 5. The number of ether oxygens (including phenoxy) is 1. The normalized spacial score (nSPS) is 10.9. The summed E-state index contributed by atoms with van der Waals surface area (Å²) in [5.74, 6) is -0.126. The first-order valence-electron chi connectivity index (χ1n) is 9.24. The number of benzene rings is 2. The molecule has 0 bridgehead atoms. The zero-order chi connectivity index (χ0) is 20.2. The van der Waals surface area contributed by atoms with Gasteiger partial charge in [-0.3, -0.25) is 4.68 Å². The molecular formula is C22H21FN4OS. The second-order valence-electron chi connectivity index (χ2n) is 6.64. The Morgan fingerprint density at radius 3 is 2.72 bits per heavy atom. The van der Waals surface area contributed by atoms with Crippen LogP contribution in [0, 0.1) is 12.7 Å². The maximum atomic E-state index is 13.6. The molecule has 0 spiro atoms. The Bertz CT molecular complexity index is 1110. The van der Waals surface area contributed by atoms with Crippen LogP contribution < -0.4 is 10.1 Å². The predicted octanol–water partition coefficient (Wildman–Crippen LogP) is 5.12. The minimum absolute atomic E-state index is 0.240. The van der Waals surface area contributed by atoms with Crippen molar-refractivity contribution in [3.8, 4) is 16.3 Å². The molecule has 29 heavy (non-hydrogen) atoms. The number of rotatable bonds is 7. The lowest BCUT2D eigenvalue weighted by molar-refractivity contribution is 0.386. The Morgan fingerprint density at radius 2 is 1.93 bits per heavy atom. The van der Waals surface area contributed by atoms with Crippen molar-refractivity contribution in [2.75, 3.05) is 12.4 Å². The van der Waals surface area contributed by atoms with Gasteiger partial charge in [0.25, 0.3) is 0 Å². The number of aryl methyl sites for hydroxylation is 1. The molecule has 2 aromatic heterocycles. The zero-order valence-corrected chi connectivity index (χ0v) is 17.0. The predicted molar refractivity (Wildman–Crippen MR) is 114 cm³/mol. The van der Waals surface area contributed by atoms with Gasteiger partial charge in [0, 0.05) is 12.7 Å². The van der Waals surface area contributed by atoms with Crippen LogP contribution in [-0.2, 0) is 13.1 Å². The number of nitrogens with zero attached hydrogens (tertiary/aromatic N) is 3. The first kappa shape index (κ1) is 19.1. The molecule has 4 aromatic rings. The van der Waals surface area contributed by atoms with Crippen LogP contribution in [0.25, 0.3) is 10.6 Å². The van der Waals surface area contributed by atoms with Crippen molar-refractivity contribution in [3.63, 3.8) is 0 Å². The number of hydrogen-bond donors (Lipinski definition) is 1. The lowest BCUT2D eigenvalue weighted by Gasteiger charge is -2.06. The van der Waals surface area contributed by atoms with Gasteiger partial charge in [0.1, 0.15) is 5.69 Å². The van der Waals surface area contributed by atoms with Crippen LogP contribution in [-0.4, -0.2) is 21.9 Å². The van der Waals surface area contributed by atoms with E-state index in [2.05, 4.69) is 22.4 Å². The molecule has 0 fully saturated rings. The van der Waals surface area contributed by atoms with Crippen molar-refractivity contribution in [1.82, 2.24) is 14.8 Å². The van der Waals surface area contributed by atoms with Crippen LogP contribution in [0.3, 0.4) is 0 Å². The summed E-state index contributed by atoms with van der Waals surface area (Å²) in [6, 6.07) is 17.1. The molecule has 148 valence electrons. The van der Waals surface area contributed by atoms with Crippen molar-refractivity contribution < 1.29 is 9.13 Å². The Morgan fingerprint density at radius 1 is 1.10 bits per heavy atom. The largest absolute Gasteiger partial charge is 0.494 e. The number of nitrogens with one attached hydrogen (secondary N) is 1. The van der Waals surface area contributed by atoms with Crippen LogP contribution >= 0.6 is 11.3 Å². The number of thiazole rings is 1. The van der Waals surface area contributed by atoms with E-state index in [1.807, 2.05) is 42.1 Å². The Kier molecular flexibility index (Phi) is 5.57. The molecule has 0 aliphatic rings. The molecule has 0 unspecified atom stereocenters. The van der Waals surface area contributed by atoms with Gasteiger partial charge < -0.3 is 10.1 Å². The quantitative estimate of drug-likeness (QED) is 0.461. The summed E-state index contributed by atoms with van der Waals surface area (Å²) in [5, 5.41) is 8.81. The van der Waals surface area contributed by atoms with Crippen LogP contribution in [0.2, 0.25) is 0 Å². The van der Waals surface area contributed by atoms with Crippen LogP contribution in [0.15, 0.2) is 60.8 Å². The van der Waals surface area contributed by atoms with Crippen molar-refractivity contribution in [1.29, 1.82) is 0 Å². The highest BCUT2D eigenvalue weighted by Crippen LogP contribution is 2.32. The van der Waals surface area contributed by atoms with Crippen LogP contribution in [0.1, 0.15) is 16.8 Å². The zero-order valence-electron chi connectivity index (χ0n) is 16.2. The van der Waals surface area contributed by atoms with Crippen molar-refractivity contribution in [3.05, 3.63) is 83.4 Å². The van der Waals surface area contributed by atoms with Crippen LogP contribution in [0.5, 0.6) is 5.75 Å². The van der Waals surface area contributed by atoms with Gasteiger partial charge in [-0.05, 0) is 36.2 Å². The van der Waals surface area contributed by atoms with Gasteiger partial charge >= 0.3 is 0 Å². The second kappa shape index (κ2) is 8.45. The lowest BCUT2D eigenvalue weighted by atomic mass is 10.2. The van der Waals surface area contributed by atoms with Gasteiger partial charge in [-0.15, -0.1) is 0 Å². The maximum absolute atomic E-state index is 13.6. The Balaban J connectivity index is 1.45. The highest BCUT2D eigenvalue weighted by atomic mass is 32.1. The number of halogens is 1. The van der Waals surface area contributed by atoms with E-state index in [0.717, 1.165) is 33.5 Å². The van der Waals surface area contributed by atoms with Gasteiger partial charge in [0.05, 0.1) is 24.2 Å². The summed E-state index contributed by atoms with van der Waals surface area (Å²) >= 11 is 1.56. The third kappa shape index (κ3) is 4.46. The summed E-state index contributed by atoms with van der Waals surface area (Å²) in [5.41, 5.74) is 3.97. The molecule has 2 heterocycles. The molecule has 4 rings (SSSR count). The highest BCUT2D eigenvalue weighted by Gasteiger charge is 2.13. The smallest absolute Gasteiger partial charge is 0.183 e. The highest BCUT2D eigenvalue weighted by molar-refractivity contribution is 7.19. The molecule has 5 nitrogen and oxygen atoms in total. The fraction of sp³-hybridized carbons (Fsp3) is 0.182. The first-order valence-corrected chi connectivity index (χ1v) is 10.1. The molecule has 7 heteroatoms. The van der Waals surface area contributed by atoms with E-state index in [-0.39, 0.29) is 11.6 Å². The third-order valence-corrected chi connectivity index (χ3v) is 5.65. The summed E-state index contributed by atoms with van der Waals surface area (Å²) in [7, 11) is 1.46. The fourth-order valence-electron chi connectivity index (χ4n) is 3.04. The van der Waals surface area contributed by atoms with Crippen molar-refractivity contribution >= 4 is 16.5 Å². The molecule has 0 radical (unpaired) electrons. The average Bonchev–Trinajstić information content (AvgIpc) is 3.34. The first-order chi connectivity index (χ1) is 14.1. The molecule has 0 saturated heterocycles. The monoisotopic (exact) mass is 408 g/mol. The summed E-state index contributed by atoms with van der Waals surface area (Å²) < 4.78 is 20.5. The number of aromatic nitrogens is 3. The van der Waals surface area contributed by atoms with Crippen molar-refractivity contribution in [2.24, 2.45) is 0 Å². The number of anilines is 1. The van der Waals surface area contributed by atoms with Gasteiger partial charge in [-0.2, -0.15) is 5.10 Å². The van der Waals surface area contributed by atoms with Crippen LogP contribution in [0.4, 0.5) is 9.52 Å². The van der Waals surface area contributed by atoms with E-state index in [9.17, 15) is 4.39 Å². The lowest BCUT2D eigenvalue weighted by Crippen LogP contribution is -2.00. The minimum Gasteiger partial charge on any atom is -0.494 e. The van der Waals surface area contributed by atoms with E-state index >= 15 is 0 Å². The third-order valence-electron chi connectivity index (χ3n) is 4.52. The molecule has 0 aliphatic heterocycles. The summed E-state index contributed by atoms with van der Waals surface area (Å²) in [6.45, 7) is 3.25. The maximum Gasteiger partial charge on any atom is 0.183 e. The van der Waals surface area contributed by atoms with Crippen molar-refractivity contribution in [2.45, 2.75) is 20.0 Å². The van der Waals surface area contributed by atoms with E-state index in [4.69, 9.17) is 9.84 Å². The van der Waals surface area contributed by atoms with E-state index < -0.39 is 0 Å². The van der Waals surface area contributed by atoms with Gasteiger partial charge in [-0.25, -0.2) is 9.37 Å². The number of methoxy groups -OCH3 is 1. The van der Waals surface area contributed by atoms with E-state index in [1.165, 1.54) is 18.7 Å². The average molecular weight is 409 g/mol. The standard InChI is InChI=1S/C22H21FN4OS/c1-15-21(19-10-11-27(26-19)14-16-6-4-3-5-7-16)29-22(25-15)24-13-17-8-9-18(23)20(12-17)28-2/h3-12H,13-14H2,1-2H3,(H,24,25). The summed E-state index contributed by atoms with van der Waals surface area (Å²) in [6.07, 6.45) is 1.99. The van der Waals surface area contributed by atoms with Gasteiger partial charge in [0.2, 0.25) is 0 Å².